The summed E-state index contributed by atoms with van der Waals surface area (Å²) in [4.78, 5) is 21.8. The lowest BCUT2D eigenvalue weighted by atomic mass is 9.95. The highest BCUT2D eigenvalue weighted by Crippen LogP contribution is 2.21. The Morgan fingerprint density at radius 1 is 1.58 bits per heavy atom. The van der Waals surface area contributed by atoms with Crippen LogP contribution in [0.3, 0.4) is 0 Å². The van der Waals surface area contributed by atoms with Gasteiger partial charge < -0.3 is 9.88 Å². The van der Waals surface area contributed by atoms with Crippen molar-refractivity contribution >= 4 is 16.9 Å². The Bertz CT molecular complexity index is 590. The average molecular weight is 257 g/mol. The molecule has 3 rings (SSSR count). The van der Waals surface area contributed by atoms with Crippen LogP contribution in [0.2, 0.25) is 0 Å². The first kappa shape index (κ1) is 12.2. The van der Waals surface area contributed by atoms with Crippen LogP contribution in [0.15, 0.2) is 24.5 Å². The zero-order chi connectivity index (χ0) is 13.2. The molecular weight excluding hydrogens is 238 g/mol. The van der Waals surface area contributed by atoms with Gasteiger partial charge in [0.2, 0.25) is 0 Å². The van der Waals surface area contributed by atoms with Gasteiger partial charge in [0, 0.05) is 30.9 Å². The lowest BCUT2D eigenvalue weighted by Crippen LogP contribution is -2.39. The summed E-state index contributed by atoms with van der Waals surface area (Å²) >= 11 is 0. The number of aromatic nitrogens is 2. The lowest BCUT2D eigenvalue weighted by Gasteiger charge is -2.32. The molecule has 1 amide bonds. The summed E-state index contributed by atoms with van der Waals surface area (Å²) in [7, 11) is 0. The number of carbonyl (C=O) groups is 1. The minimum Gasteiger partial charge on any atom is -0.346 e. The van der Waals surface area contributed by atoms with E-state index in [1.54, 1.807) is 6.20 Å². The largest absolute Gasteiger partial charge is 0.346 e. The van der Waals surface area contributed by atoms with Crippen LogP contribution in [0.25, 0.3) is 11.0 Å². The number of likely N-dealkylation sites (tertiary alicyclic amines) is 1. The molecule has 0 aliphatic carbocycles. The summed E-state index contributed by atoms with van der Waals surface area (Å²) in [6, 6.07) is 3.88. The highest BCUT2D eigenvalue weighted by Gasteiger charge is 2.23. The number of pyridine rings is 1. The fraction of sp³-hybridized carbons (Fsp3) is 0.467. The van der Waals surface area contributed by atoms with E-state index in [-0.39, 0.29) is 5.91 Å². The topological polar surface area (TPSA) is 49.0 Å². The highest BCUT2D eigenvalue weighted by atomic mass is 16.2. The van der Waals surface area contributed by atoms with Gasteiger partial charge in [-0.3, -0.25) is 4.79 Å². The molecule has 1 atom stereocenters. The molecule has 1 saturated heterocycles. The Kier molecular flexibility index (Phi) is 3.23. The van der Waals surface area contributed by atoms with Gasteiger partial charge in [-0.15, -0.1) is 0 Å². The van der Waals surface area contributed by atoms with E-state index in [9.17, 15) is 4.79 Å². The number of piperidine rings is 1. The van der Waals surface area contributed by atoms with Gasteiger partial charge in [-0.25, -0.2) is 4.98 Å². The molecule has 2 aromatic heterocycles. The number of aromatic amines is 1. The van der Waals surface area contributed by atoms with Crippen molar-refractivity contribution in [3.63, 3.8) is 0 Å². The number of hydrogen-bond donors (Lipinski definition) is 1. The van der Waals surface area contributed by atoms with E-state index >= 15 is 0 Å². The lowest BCUT2D eigenvalue weighted by molar-refractivity contribution is 0.0671. The van der Waals surface area contributed by atoms with Crippen LogP contribution in [0.5, 0.6) is 0 Å². The number of fused-ring (bicyclic) bond motifs is 1. The second kappa shape index (κ2) is 5.03. The van der Waals surface area contributed by atoms with Gasteiger partial charge in [-0.1, -0.05) is 13.3 Å². The maximum absolute atomic E-state index is 12.5. The van der Waals surface area contributed by atoms with Crippen molar-refractivity contribution < 1.29 is 4.79 Å². The molecule has 4 heteroatoms. The van der Waals surface area contributed by atoms with Gasteiger partial charge in [0.25, 0.3) is 5.91 Å². The fourth-order valence-electron chi connectivity index (χ4n) is 2.82. The third-order valence-electron chi connectivity index (χ3n) is 4.03. The molecule has 2 aromatic rings. The summed E-state index contributed by atoms with van der Waals surface area (Å²) in [6.07, 6.45) is 7.04. The predicted molar refractivity (Wildman–Crippen MR) is 75.0 cm³/mol. The van der Waals surface area contributed by atoms with E-state index in [2.05, 4.69) is 16.9 Å². The fourth-order valence-corrected chi connectivity index (χ4v) is 2.82. The van der Waals surface area contributed by atoms with E-state index in [1.807, 2.05) is 23.2 Å². The molecule has 19 heavy (non-hydrogen) atoms. The van der Waals surface area contributed by atoms with Gasteiger partial charge in [0.15, 0.2) is 0 Å². The number of amides is 1. The van der Waals surface area contributed by atoms with Crippen LogP contribution in [-0.2, 0) is 0 Å². The van der Waals surface area contributed by atoms with Crippen molar-refractivity contribution in [1.29, 1.82) is 0 Å². The Labute approximate surface area is 112 Å². The summed E-state index contributed by atoms with van der Waals surface area (Å²) in [5, 5.41) is 0.995. The minimum atomic E-state index is 0.119. The quantitative estimate of drug-likeness (QED) is 0.899. The smallest absolute Gasteiger partial charge is 0.255 e. The molecule has 0 saturated carbocycles. The van der Waals surface area contributed by atoms with Crippen molar-refractivity contribution in [3.05, 3.63) is 30.1 Å². The second-order valence-corrected chi connectivity index (χ2v) is 5.31. The molecule has 1 unspecified atom stereocenters. The van der Waals surface area contributed by atoms with Crippen LogP contribution >= 0.6 is 0 Å². The van der Waals surface area contributed by atoms with Crippen molar-refractivity contribution in [2.75, 3.05) is 13.1 Å². The summed E-state index contributed by atoms with van der Waals surface area (Å²) in [6.45, 7) is 3.97. The zero-order valence-corrected chi connectivity index (χ0v) is 11.2. The number of H-pyrrole nitrogens is 1. The molecule has 0 bridgehead atoms. The molecule has 0 aromatic carbocycles. The Morgan fingerprint density at radius 3 is 3.32 bits per heavy atom. The second-order valence-electron chi connectivity index (χ2n) is 5.31. The van der Waals surface area contributed by atoms with Gasteiger partial charge >= 0.3 is 0 Å². The standard InChI is InChI=1S/C15H19N3O/c1-2-11-4-3-7-18(10-11)15(19)13-8-12-5-6-16-14(12)17-9-13/h5-6,8-9,11H,2-4,7,10H2,1H3,(H,16,17). The monoisotopic (exact) mass is 257 g/mol. The number of nitrogens with zero attached hydrogens (tertiary/aromatic N) is 2. The molecule has 1 aliphatic heterocycles. The molecule has 1 fully saturated rings. The Balaban J connectivity index is 1.82. The zero-order valence-electron chi connectivity index (χ0n) is 11.2. The summed E-state index contributed by atoms with van der Waals surface area (Å²) in [5.74, 6) is 0.774. The first-order valence-corrected chi connectivity index (χ1v) is 7.00. The van der Waals surface area contributed by atoms with Crippen LogP contribution in [-0.4, -0.2) is 33.9 Å². The average Bonchev–Trinajstić information content (AvgIpc) is 2.94. The molecule has 1 N–H and O–H groups in total. The van der Waals surface area contributed by atoms with Gasteiger partial charge in [0.05, 0.1) is 5.56 Å². The number of carbonyl (C=O) groups excluding carboxylic acids is 1. The van der Waals surface area contributed by atoms with Crippen molar-refractivity contribution in [1.82, 2.24) is 14.9 Å². The number of nitrogens with one attached hydrogen (secondary N) is 1. The van der Waals surface area contributed by atoms with E-state index in [0.717, 1.165) is 37.0 Å². The van der Waals surface area contributed by atoms with Crippen molar-refractivity contribution in [3.8, 4) is 0 Å². The van der Waals surface area contributed by atoms with Crippen LogP contribution in [0, 0.1) is 5.92 Å². The van der Waals surface area contributed by atoms with Gasteiger partial charge in [-0.2, -0.15) is 0 Å². The van der Waals surface area contributed by atoms with E-state index < -0.39 is 0 Å². The molecule has 100 valence electrons. The first-order chi connectivity index (χ1) is 9.28. The van der Waals surface area contributed by atoms with Crippen LogP contribution < -0.4 is 0 Å². The molecule has 3 heterocycles. The maximum Gasteiger partial charge on any atom is 0.255 e. The normalized spacial score (nSPS) is 19.8. The molecule has 0 spiro atoms. The van der Waals surface area contributed by atoms with Crippen molar-refractivity contribution in [2.45, 2.75) is 26.2 Å². The van der Waals surface area contributed by atoms with E-state index in [4.69, 9.17) is 0 Å². The van der Waals surface area contributed by atoms with E-state index in [1.165, 1.54) is 6.42 Å². The summed E-state index contributed by atoms with van der Waals surface area (Å²) in [5.41, 5.74) is 1.53. The Hall–Kier alpha value is -1.84. The molecular formula is C15H19N3O. The SMILES string of the molecule is CCC1CCCN(C(=O)c2cnc3[nH]ccc3c2)C1. The van der Waals surface area contributed by atoms with Crippen LogP contribution in [0.1, 0.15) is 36.5 Å². The van der Waals surface area contributed by atoms with Gasteiger partial charge in [-0.05, 0) is 30.9 Å². The van der Waals surface area contributed by atoms with Crippen LogP contribution in [0.4, 0.5) is 0 Å². The minimum absolute atomic E-state index is 0.119. The Morgan fingerprint density at radius 2 is 2.47 bits per heavy atom. The number of rotatable bonds is 2. The third kappa shape index (κ3) is 2.35. The summed E-state index contributed by atoms with van der Waals surface area (Å²) < 4.78 is 0. The number of hydrogen-bond acceptors (Lipinski definition) is 2. The molecule has 4 nitrogen and oxygen atoms in total. The van der Waals surface area contributed by atoms with Gasteiger partial charge in [0.1, 0.15) is 5.65 Å². The highest BCUT2D eigenvalue weighted by molar-refractivity contribution is 5.96. The molecule has 0 radical (unpaired) electrons. The third-order valence-corrected chi connectivity index (χ3v) is 4.03. The molecule has 1 aliphatic rings. The first-order valence-electron chi connectivity index (χ1n) is 7.00. The van der Waals surface area contributed by atoms with E-state index in [0.29, 0.717) is 11.5 Å². The predicted octanol–water partition coefficient (Wildman–Crippen LogP) is 2.83. The van der Waals surface area contributed by atoms with Crippen molar-refractivity contribution in [2.24, 2.45) is 5.92 Å². The maximum atomic E-state index is 12.5.